The molecular weight excluding hydrogens is 596 g/mol. The zero-order valence-corrected chi connectivity index (χ0v) is 27.7. The number of aryl methyl sites for hydroxylation is 1. The molecule has 4 rings (SSSR count). The van der Waals surface area contributed by atoms with Crippen LogP contribution >= 0.6 is 0 Å². The standard InChI is InChI=1S/C37H44N4O6/c1-37(2,3)47-35(44)19-14-27-20-32(40(23-33(38)42)21-25-10-15-28(45-4)16-11-25)30-8-6-7-9-31(30)36(27)41(24-34(39)43)22-26-12-17-29(46-5)18-13-26/h6-13,15-18,20H,14,19,21-24H2,1-5H3,(H2,38,42)(H2,39,43). The van der Waals surface area contributed by atoms with E-state index in [4.69, 9.17) is 25.7 Å². The Balaban J connectivity index is 1.89. The Morgan fingerprint density at radius 3 is 1.68 bits per heavy atom. The number of hydrogen-bond donors (Lipinski definition) is 2. The van der Waals surface area contributed by atoms with E-state index in [2.05, 4.69) is 0 Å². The van der Waals surface area contributed by atoms with Gasteiger partial charge in [0.2, 0.25) is 11.8 Å². The molecule has 248 valence electrons. The second kappa shape index (κ2) is 15.4. The second-order valence-corrected chi connectivity index (χ2v) is 12.4. The number of ether oxygens (including phenoxy) is 3. The monoisotopic (exact) mass is 640 g/mol. The fraction of sp³-hybridized carbons (Fsp3) is 0.324. The zero-order chi connectivity index (χ0) is 34.1. The summed E-state index contributed by atoms with van der Waals surface area (Å²) in [4.78, 5) is 41.7. The molecule has 0 radical (unpaired) electrons. The Bertz CT molecular complexity index is 1700. The van der Waals surface area contributed by atoms with E-state index in [-0.39, 0.29) is 25.5 Å². The van der Waals surface area contributed by atoms with Crippen LogP contribution in [0, 0.1) is 0 Å². The molecule has 4 N–H and O–H groups in total. The highest BCUT2D eigenvalue weighted by Gasteiger charge is 2.24. The van der Waals surface area contributed by atoms with Crippen molar-refractivity contribution in [2.24, 2.45) is 11.5 Å². The Hall–Kier alpha value is -5.25. The first-order valence-corrected chi connectivity index (χ1v) is 15.5. The highest BCUT2D eigenvalue weighted by atomic mass is 16.6. The van der Waals surface area contributed by atoms with Crippen LogP contribution in [0.3, 0.4) is 0 Å². The van der Waals surface area contributed by atoms with Gasteiger partial charge in [-0.15, -0.1) is 0 Å². The van der Waals surface area contributed by atoms with E-state index in [9.17, 15) is 14.4 Å². The van der Waals surface area contributed by atoms with Gasteiger partial charge < -0.3 is 35.5 Å². The summed E-state index contributed by atoms with van der Waals surface area (Å²) in [5.41, 5.74) is 15.2. The van der Waals surface area contributed by atoms with Gasteiger partial charge in [-0.1, -0.05) is 48.5 Å². The molecule has 10 nitrogen and oxygen atoms in total. The third kappa shape index (κ3) is 9.62. The summed E-state index contributed by atoms with van der Waals surface area (Å²) >= 11 is 0. The molecule has 4 aromatic rings. The number of benzene rings is 4. The minimum atomic E-state index is -0.641. The Kier molecular flexibility index (Phi) is 11.3. The van der Waals surface area contributed by atoms with Crippen LogP contribution < -0.4 is 30.7 Å². The predicted octanol–water partition coefficient (Wildman–Crippen LogP) is 5.12. The number of nitrogens with two attached hydrogens (primary N) is 2. The number of fused-ring (bicyclic) bond motifs is 1. The van der Waals surface area contributed by atoms with Gasteiger partial charge in [-0.25, -0.2) is 0 Å². The highest BCUT2D eigenvalue weighted by Crippen LogP contribution is 2.40. The van der Waals surface area contributed by atoms with Gasteiger partial charge in [-0.05, 0) is 74.2 Å². The Morgan fingerprint density at radius 2 is 1.19 bits per heavy atom. The van der Waals surface area contributed by atoms with E-state index in [0.29, 0.717) is 19.5 Å². The van der Waals surface area contributed by atoms with Crippen LogP contribution in [0.15, 0.2) is 78.9 Å². The van der Waals surface area contributed by atoms with Crippen LogP contribution in [-0.2, 0) is 38.6 Å². The van der Waals surface area contributed by atoms with Crippen molar-refractivity contribution in [2.75, 3.05) is 37.1 Å². The third-order valence-electron chi connectivity index (χ3n) is 7.51. The third-order valence-corrected chi connectivity index (χ3v) is 7.51. The molecule has 0 heterocycles. The number of hydrogen-bond acceptors (Lipinski definition) is 8. The minimum absolute atomic E-state index is 0.0439. The van der Waals surface area contributed by atoms with Crippen LogP contribution in [0.1, 0.15) is 43.9 Å². The second-order valence-electron chi connectivity index (χ2n) is 12.4. The Labute approximate surface area is 276 Å². The lowest BCUT2D eigenvalue weighted by molar-refractivity contribution is -0.154. The maximum absolute atomic E-state index is 13.0. The van der Waals surface area contributed by atoms with Crippen molar-refractivity contribution >= 4 is 39.9 Å². The van der Waals surface area contributed by atoms with Gasteiger partial charge in [0.1, 0.15) is 17.1 Å². The van der Waals surface area contributed by atoms with Gasteiger partial charge in [0.15, 0.2) is 0 Å². The fourth-order valence-electron chi connectivity index (χ4n) is 5.57. The van der Waals surface area contributed by atoms with Crippen molar-refractivity contribution in [1.29, 1.82) is 0 Å². The fourth-order valence-corrected chi connectivity index (χ4v) is 5.57. The highest BCUT2D eigenvalue weighted by molar-refractivity contribution is 6.05. The van der Waals surface area contributed by atoms with E-state index in [1.54, 1.807) is 14.2 Å². The van der Waals surface area contributed by atoms with Crippen molar-refractivity contribution in [2.45, 2.75) is 52.3 Å². The molecule has 0 aliphatic rings. The van der Waals surface area contributed by atoms with Crippen molar-refractivity contribution < 1.29 is 28.6 Å². The number of carbonyl (C=O) groups is 3. The van der Waals surface area contributed by atoms with Gasteiger partial charge in [0.05, 0.1) is 27.3 Å². The van der Waals surface area contributed by atoms with Gasteiger partial charge in [0.25, 0.3) is 0 Å². The predicted molar refractivity (Wildman–Crippen MR) is 185 cm³/mol. The van der Waals surface area contributed by atoms with Gasteiger partial charge >= 0.3 is 5.97 Å². The molecule has 0 unspecified atom stereocenters. The minimum Gasteiger partial charge on any atom is -0.497 e. The molecule has 0 aliphatic carbocycles. The van der Waals surface area contributed by atoms with Crippen LogP contribution in [0.4, 0.5) is 11.4 Å². The molecule has 0 spiro atoms. The number of anilines is 2. The molecule has 10 heteroatoms. The molecular formula is C37H44N4O6. The first kappa shape index (κ1) is 34.6. The van der Waals surface area contributed by atoms with E-state index in [1.165, 1.54) is 0 Å². The number of methoxy groups -OCH3 is 2. The van der Waals surface area contributed by atoms with Crippen LogP contribution in [0.25, 0.3) is 10.8 Å². The molecule has 0 saturated heterocycles. The van der Waals surface area contributed by atoms with E-state index in [1.807, 2.05) is 109 Å². The average molecular weight is 641 g/mol. The van der Waals surface area contributed by atoms with Crippen molar-refractivity contribution in [1.82, 2.24) is 0 Å². The van der Waals surface area contributed by atoms with Crippen LogP contribution in [0.5, 0.6) is 11.5 Å². The SMILES string of the molecule is COc1ccc(CN(CC(N)=O)c2cc(CCC(=O)OC(C)(C)C)c(N(CC(N)=O)Cc3ccc(OC)cc3)c3ccccc23)cc1. The summed E-state index contributed by atoms with van der Waals surface area (Å²) in [6.07, 6.45) is 0.413. The van der Waals surface area contributed by atoms with E-state index in [0.717, 1.165) is 50.3 Å². The summed E-state index contributed by atoms with van der Waals surface area (Å²) in [6, 6.07) is 25.0. The first-order chi connectivity index (χ1) is 22.4. The topological polar surface area (TPSA) is 137 Å². The van der Waals surface area contributed by atoms with Crippen LogP contribution in [0.2, 0.25) is 0 Å². The maximum Gasteiger partial charge on any atom is 0.306 e. The molecule has 4 aromatic carbocycles. The number of amides is 2. The summed E-state index contributed by atoms with van der Waals surface area (Å²) < 4.78 is 16.3. The smallest absolute Gasteiger partial charge is 0.306 e. The largest absolute Gasteiger partial charge is 0.497 e. The summed E-state index contributed by atoms with van der Waals surface area (Å²) in [7, 11) is 3.21. The summed E-state index contributed by atoms with van der Waals surface area (Å²) in [5, 5.41) is 1.69. The van der Waals surface area contributed by atoms with Crippen LogP contribution in [-0.4, -0.2) is 50.7 Å². The number of rotatable bonds is 15. The van der Waals surface area contributed by atoms with E-state index < -0.39 is 17.4 Å². The molecule has 0 fully saturated rings. The summed E-state index contributed by atoms with van der Waals surface area (Å²) in [5.74, 6) is 0.105. The quantitative estimate of drug-likeness (QED) is 0.171. The molecule has 47 heavy (non-hydrogen) atoms. The number of nitrogens with zero attached hydrogens (tertiary/aromatic N) is 2. The molecule has 0 saturated carbocycles. The zero-order valence-electron chi connectivity index (χ0n) is 27.7. The first-order valence-electron chi connectivity index (χ1n) is 15.5. The number of primary amides is 2. The lowest BCUT2D eigenvalue weighted by atomic mass is 9.96. The molecule has 0 bridgehead atoms. The van der Waals surface area contributed by atoms with Crippen molar-refractivity contribution in [3.05, 3.63) is 95.6 Å². The number of esters is 1. The molecule has 0 aromatic heterocycles. The maximum atomic E-state index is 13.0. The lowest BCUT2D eigenvalue weighted by Gasteiger charge is -2.32. The molecule has 2 amide bonds. The van der Waals surface area contributed by atoms with Crippen molar-refractivity contribution in [3.63, 3.8) is 0 Å². The number of carbonyl (C=O) groups excluding carboxylic acids is 3. The molecule has 0 atom stereocenters. The Morgan fingerprint density at radius 1 is 0.702 bits per heavy atom. The van der Waals surface area contributed by atoms with Gasteiger partial charge in [-0.2, -0.15) is 0 Å². The van der Waals surface area contributed by atoms with Crippen molar-refractivity contribution in [3.8, 4) is 11.5 Å². The molecule has 0 aliphatic heterocycles. The average Bonchev–Trinajstić information content (AvgIpc) is 3.02. The van der Waals surface area contributed by atoms with Gasteiger partial charge in [0, 0.05) is 41.7 Å². The van der Waals surface area contributed by atoms with Gasteiger partial charge in [-0.3, -0.25) is 14.4 Å². The summed E-state index contributed by atoms with van der Waals surface area (Å²) in [6.45, 7) is 6.13. The van der Waals surface area contributed by atoms with E-state index >= 15 is 0 Å². The normalized spacial score (nSPS) is 11.2. The lowest BCUT2D eigenvalue weighted by Crippen LogP contribution is -2.35.